The first-order valence-corrected chi connectivity index (χ1v) is 10.9. The predicted molar refractivity (Wildman–Crippen MR) is 117 cm³/mol. The van der Waals surface area contributed by atoms with Crippen molar-refractivity contribution < 1.29 is 36.2 Å². The summed E-state index contributed by atoms with van der Waals surface area (Å²) in [6, 6.07) is 8.57. The molecule has 0 spiro atoms. The number of carbonyl (C=O) groups is 1. The van der Waals surface area contributed by atoms with Crippen LogP contribution in [0.2, 0.25) is 5.02 Å². The summed E-state index contributed by atoms with van der Waals surface area (Å²) >= 11 is 5.72. The van der Waals surface area contributed by atoms with Crippen LogP contribution in [0.4, 0.5) is 26.3 Å². The minimum absolute atomic E-state index is 0.0471. The summed E-state index contributed by atoms with van der Waals surface area (Å²) in [4.78, 5) is 12.8. The molecule has 0 bridgehead atoms. The molecule has 2 aromatic rings. The number of carbonyl (C=O) groups excluding carboxylic acids is 1. The average molecular weight is 506 g/mol. The van der Waals surface area contributed by atoms with Crippen LogP contribution < -0.4 is 5.32 Å². The van der Waals surface area contributed by atoms with Crippen LogP contribution in [0.5, 0.6) is 0 Å². The maximum atomic E-state index is 13.9. The molecule has 0 atom stereocenters. The number of rotatable bonds is 5. The SMILES string of the molecule is Cc1ccc(-c2ccc(Cl)c(F)c2)cc1/C(=C\O)C(=O)NC1CCC(C(F)(F)C(F)(F)F)CC1. The fourth-order valence-corrected chi connectivity index (χ4v) is 4.23. The van der Waals surface area contributed by atoms with Crippen molar-refractivity contribution in [1.82, 2.24) is 5.32 Å². The molecule has 0 heterocycles. The molecule has 3 rings (SSSR count). The molecular weight excluding hydrogens is 484 g/mol. The van der Waals surface area contributed by atoms with Crippen molar-refractivity contribution in [3.05, 3.63) is 64.6 Å². The van der Waals surface area contributed by atoms with Crippen LogP contribution in [0.25, 0.3) is 16.7 Å². The number of alkyl halides is 5. The number of aryl methyl sites for hydroxylation is 1. The molecule has 1 amide bonds. The van der Waals surface area contributed by atoms with Gasteiger partial charge in [0.05, 0.1) is 16.9 Å². The second-order valence-corrected chi connectivity index (χ2v) is 8.75. The van der Waals surface area contributed by atoms with Gasteiger partial charge in [-0.1, -0.05) is 29.8 Å². The Kier molecular flexibility index (Phi) is 7.55. The van der Waals surface area contributed by atoms with E-state index in [0.29, 0.717) is 28.5 Å². The lowest BCUT2D eigenvalue weighted by Gasteiger charge is -2.34. The number of aliphatic hydroxyl groups is 1. The van der Waals surface area contributed by atoms with E-state index in [-0.39, 0.29) is 23.4 Å². The second kappa shape index (κ2) is 9.90. The first-order chi connectivity index (χ1) is 15.8. The van der Waals surface area contributed by atoms with Gasteiger partial charge in [-0.25, -0.2) is 4.39 Å². The molecule has 0 unspecified atom stereocenters. The smallest absolute Gasteiger partial charge is 0.453 e. The molecule has 10 heteroatoms. The van der Waals surface area contributed by atoms with Crippen LogP contribution >= 0.6 is 11.6 Å². The number of aliphatic hydroxyl groups excluding tert-OH is 1. The lowest BCUT2D eigenvalue weighted by molar-refractivity contribution is -0.305. The van der Waals surface area contributed by atoms with E-state index in [2.05, 4.69) is 5.32 Å². The van der Waals surface area contributed by atoms with Crippen molar-refractivity contribution in [1.29, 1.82) is 0 Å². The van der Waals surface area contributed by atoms with Gasteiger partial charge in [0.1, 0.15) is 5.82 Å². The quantitative estimate of drug-likeness (QED) is 0.256. The second-order valence-electron chi connectivity index (χ2n) is 8.34. The minimum Gasteiger partial charge on any atom is -0.515 e. The van der Waals surface area contributed by atoms with Crippen LogP contribution in [0.3, 0.4) is 0 Å². The van der Waals surface area contributed by atoms with E-state index in [1.165, 1.54) is 12.1 Å². The van der Waals surface area contributed by atoms with E-state index >= 15 is 0 Å². The molecule has 0 aromatic heterocycles. The molecule has 0 radical (unpaired) electrons. The molecule has 1 aliphatic carbocycles. The van der Waals surface area contributed by atoms with Crippen molar-refractivity contribution in [2.24, 2.45) is 5.92 Å². The highest BCUT2D eigenvalue weighted by Crippen LogP contribution is 2.46. The van der Waals surface area contributed by atoms with Gasteiger partial charge in [0.2, 0.25) is 0 Å². The molecule has 0 aliphatic heterocycles. The first kappa shape index (κ1) is 25.9. The third kappa shape index (κ3) is 5.35. The highest BCUT2D eigenvalue weighted by Gasteiger charge is 2.62. The van der Waals surface area contributed by atoms with E-state index in [4.69, 9.17) is 11.6 Å². The van der Waals surface area contributed by atoms with Gasteiger partial charge >= 0.3 is 12.1 Å². The number of hydrogen-bond acceptors (Lipinski definition) is 2. The monoisotopic (exact) mass is 505 g/mol. The van der Waals surface area contributed by atoms with Crippen LogP contribution in [0.1, 0.15) is 36.8 Å². The van der Waals surface area contributed by atoms with Gasteiger partial charge in [-0.3, -0.25) is 4.79 Å². The summed E-state index contributed by atoms with van der Waals surface area (Å²) in [6.07, 6.45) is -5.91. The first-order valence-electron chi connectivity index (χ1n) is 10.5. The van der Waals surface area contributed by atoms with Gasteiger partial charge in [0.25, 0.3) is 5.91 Å². The number of hydrogen-bond donors (Lipinski definition) is 2. The van der Waals surface area contributed by atoms with Gasteiger partial charge in [-0.05, 0) is 73.1 Å². The summed E-state index contributed by atoms with van der Waals surface area (Å²) in [6.45, 7) is 1.70. The summed E-state index contributed by atoms with van der Waals surface area (Å²) < 4.78 is 78.9. The lowest BCUT2D eigenvalue weighted by atomic mass is 9.81. The third-order valence-corrected chi connectivity index (χ3v) is 6.41. The fraction of sp³-hybridized carbons (Fsp3) is 0.375. The largest absolute Gasteiger partial charge is 0.515 e. The Morgan fingerprint density at radius 3 is 2.18 bits per heavy atom. The Balaban J connectivity index is 1.74. The summed E-state index contributed by atoms with van der Waals surface area (Å²) in [5.41, 5.74) is 1.91. The molecule has 2 aromatic carbocycles. The zero-order chi connectivity index (χ0) is 25.3. The number of amides is 1. The van der Waals surface area contributed by atoms with Crippen LogP contribution in [-0.4, -0.2) is 29.2 Å². The summed E-state index contributed by atoms with van der Waals surface area (Å²) in [7, 11) is 0. The van der Waals surface area contributed by atoms with E-state index in [0.717, 1.165) is 0 Å². The summed E-state index contributed by atoms with van der Waals surface area (Å²) in [5.74, 6) is -7.94. The van der Waals surface area contributed by atoms with Gasteiger partial charge in [0, 0.05) is 12.0 Å². The minimum atomic E-state index is -5.61. The number of benzene rings is 2. The standard InChI is InChI=1S/C24H22ClF6NO2/c1-13-2-3-14(15-4-9-20(25)21(26)11-15)10-18(13)19(12-33)22(34)32-17-7-5-16(6-8-17)23(27,28)24(29,30)31/h2-4,9-12,16-17,33H,5-8H2,1H3,(H,32,34)/b19-12+. The average Bonchev–Trinajstić information content (AvgIpc) is 2.77. The van der Waals surface area contributed by atoms with E-state index < -0.39 is 48.6 Å². The van der Waals surface area contributed by atoms with Crippen LogP contribution in [0, 0.1) is 18.7 Å². The molecule has 0 saturated heterocycles. The Morgan fingerprint density at radius 1 is 1.03 bits per heavy atom. The molecular formula is C24H22ClF6NO2. The number of nitrogens with one attached hydrogen (secondary N) is 1. The van der Waals surface area contributed by atoms with E-state index in [1.54, 1.807) is 31.2 Å². The normalized spacial score (nSPS) is 19.7. The molecule has 184 valence electrons. The Morgan fingerprint density at radius 2 is 1.62 bits per heavy atom. The van der Waals surface area contributed by atoms with Crippen molar-refractivity contribution in [2.75, 3.05) is 0 Å². The molecule has 2 N–H and O–H groups in total. The van der Waals surface area contributed by atoms with E-state index in [1.807, 2.05) is 0 Å². The van der Waals surface area contributed by atoms with E-state index in [9.17, 15) is 36.2 Å². The molecule has 34 heavy (non-hydrogen) atoms. The van der Waals surface area contributed by atoms with Gasteiger partial charge < -0.3 is 10.4 Å². The van der Waals surface area contributed by atoms with Crippen LogP contribution in [0.15, 0.2) is 42.7 Å². The highest BCUT2D eigenvalue weighted by atomic mass is 35.5. The van der Waals surface area contributed by atoms with Crippen molar-refractivity contribution >= 4 is 23.1 Å². The molecule has 3 nitrogen and oxygen atoms in total. The number of halogens is 7. The van der Waals surface area contributed by atoms with Gasteiger partial charge in [-0.2, -0.15) is 22.0 Å². The lowest BCUT2D eigenvalue weighted by Crippen LogP contribution is -2.47. The topological polar surface area (TPSA) is 49.3 Å². The molecule has 1 saturated carbocycles. The van der Waals surface area contributed by atoms with Crippen molar-refractivity contribution in [3.8, 4) is 11.1 Å². The zero-order valence-electron chi connectivity index (χ0n) is 18.0. The van der Waals surface area contributed by atoms with Crippen LogP contribution in [-0.2, 0) is 4.79 Å². The fourth-order valence-electron chi connectivity index (χ4n) is 4.11. The molecule has 1 fully saturated rings. The van der Waals surface area contributed by atoms with Gasteiger partial charge in [0.15, 0.2) is 0 Å². The Labute approximate surface area is 197 Å². The highest BCUT2D eigenvalue weighted by molar-refractivity contribution is 6.30. The van der Waals surface area contributed by atoms with Gasteiger partial charge in [-0.15, -0.1) is 0 Å². The maximum Gasteiger partial charge on any atom is 0.453 e. The third-order valence-electron chi connectivity index (χ3n) is 6.11. The maximum absolute atomic E-state index is 13.9. The summed E-state index contributed by atoms with van der Waals surface area (Å²) in [5, 5.41) is 12.3. The Bertz CT molecular complexity index is 1090. The Hall–Kier alpha value is -2.68. The van der Waals surface area contributed by atoms with Crippen molar-refractivity contribution in [2.45, 2.75) is 50.7 Å². The van der Waals surface area contributed by atoms with Crippen molar-refractivity contribution in [3.63, 3.8) is 0 Å². The zero-order valence-corrected chi connectivity index (χ0v) is 18.8. The molecule has 1 aliphatic rings. The predicted octanol–water partition coefficient (Wildman–Crippen LogP) is 7.23.